The fraction of sp³-hybridized carbons (Fsp3) is 0.471. The van der Waals surface area contributed by atoms with Gasteiger partial charge in [-0.05, 0) is 30.4 Å². The van der Waals surface area contributed by atoms with Crippen molar-refractivity contribution in [3.8, 4) is 0 Å². The SMILES string of the molecule is NC(=O)CC1CCN(C(=O)C2Cc3ccccc3C(=O)O2)CC1. The number of fused-ring (bicyclic) bond motifs is 1. The van der Waals surface area contributed by atoms with E-state index in [1.54, 1.807) is 17.0 Å². The molecule has 1 aromatic carbocycles. The highest BCUT2D eigenvalue weighted by atomic mass is 16.5. The number of cyclic esters (lactones) is 1. The number of hydrogen-bond acceptors (Lipinski definition) is 4. The minimum Gasteiger partial charge on any atom is -0.448 e. The molecule has 6 nitrogen and oxygen atoms in total. The van der Waals surface area contributed by atoms with Crippen molar-refractivity contribution in [2.75, 3.05) is 13.1 Å². The first-order chi connectivity index (χ1) is 11.0. The topological polar surface area (TPSA) is 89.7 Å². The Bertz CT molecular complexity index is 635. The highest BCUT2D eigenvalue weighted by Crippen LogP contribution is 2.25. The largest absolute Gasteiger partial charge is 0.448 e. The molecule has 2 aliphatic heterocycles. The lowest BCUT2D eigenvalue weighted by atomic mass is 9.92. The minimum absolute atomic E-state index is 0.148. The van der Waals surface area contributed by atoms with Crippen molar-refractivity contribution >= 4 is 17.8 Å². The molecule has 0 radical (unpaired) electrons. The summed E-state index contributed by atoms with van der Waals surface area (Å²) in [4.78, 5) is 37.3. The molecule has 122 valence electrons. The van der Waals surface area contributed by atoms with Crippen LogP contribution in [0.25, 0.3) is 0 Å². The molecule has 0 saturated carbocycles. The smallest absolute Gasteiger partial charge is 0.339 e. The maximum atomic E-state index is 12.6. The van der Waals surface area contributed by atoms with Crippen LogP contribution in [0.2, 0.25) is 0 Å². The summed E-state index contributed by atoms with van der Waals surface area (Å²) >= 11 is 0. The van der Waals surface area contributed by atoms with Gasteiger partial charge >= 0.3 is 5.97 Å². The van der Waals surface area contributed by atoms with Crippen molar-refractivity contribution in [1.29, 1.82) is 0 Å². The Kier molecular flexibility index (Phi) is 4.32. The maximum absolute atomic E-state index is 12.6. The van der Waals surface area contributed by atoms with Crippen molar-refractivity contribution in [3.05, 3.63) is 35.4 Å². The molecule has 23 heavy (non-hydrogen) atoms. The first-order valence-electron chi connectivity index (χ1n) is 7.90. The van der Waals surface area contributed by atoms with E-state index < -0.39 is 12.1 Å². The van der Waals surface area contributed by atoms with Gasteiger partial charge in [-0.1, -0.05) is 18.2 Å². The zero-order valence-corrected chi connectivity index (χ0v) is 12.9. The molecule has 0 bridgehead atoms. The quantitative estimate of drug-likeness (QED) is 0.838. The molecule has 1 aromatic rings. The molecule has 3 rings (SSSR count). The van der Waals surface area contributed by atoms with Crippen LogP contribution in [0.4, 0.5) is 0 Å². The second kappa shape index (κ2) is 6.40. The summed E-state index contributed by atoms with van der Waals surface area (Å²) in [5.41, 5.74) is 6.61. The van der Waals surface area contributed by atoms with Crippen molar-refractivity contribution in [2.45, 2.75) is 31.8 Å². The van der Waals surface area contributed by atoms with E-state index in [2.05, 4.69) is 0 Å². The van der Waals surface area contributed by atoms with Crippen molar-refractivity contribution < 1.29 is 19.1 Å². The predicted octanol–water partition coefficient (Wildman–Crippen LogP) is 0.882. The van der Waals surface area contributed by atoms with Gasteiger partial charge in [-0.2, -0.15) is 0 Å². The number of ether oxygens (including phenoxy) is 1. The van der Waals surface area contributed by atoms with Gasteiger partial charge in [-0.15, -0.1) is 0 Å². The molecule has 0 aromatic heterocycles. The second-order valence-electron chi connectivity index (χ2n) is 6.19. The van der Waals surface area contributed by atoms with Gasteiger partial charge in [0.2, 0.25) is 5.91 Å². The highest BCUT2D eigenvalue weighted by Gasteiger charge is 2.35. The molecule has 0 aliphatic carbocycles. The van der Waals surface area contributed by atoms with Crippen LogP contribution in [0, 0.1) is 5.92 Å². The lowest BCUT2D eigenvalue weighted by Crippen LogP contribution is -2.47. The molecule has 2 aliphatic rings. The van der Waals surface area contributed by atoms with Crippen LogP contribution in [0.3, 0.4) is 0 Å². The molecule has 2 heterocycles. The van der Waals surface area contributed by atoms with Crippen LogP contribution >= 0.6 is 0 Å². The van der Waals surface area contributed by atoms with Gasteiger partial charge in [0.05, 0.1) is 5.56 Å². The predicted molar refractivity (Wildman–Crippen MR) is 82.5 cm³/mol. The highest BCUT2D eigenvalue weighted by molar-refractivity contribution is 5.95. The summed E-state index contributed by atoms with van der Waals surface area (Å²) in [6, 6.07) is 7.21. The average Bonchev–Trinajstić information content (AvgIpc) is 2.54. The number of amides is 2. The lowest BCUT2D eigenvalue weighted by molar-refractivity contribution is -0.142. The first-order valence-corrected chi connectivity index (χ1v) is 7.90. The number of piperidine rings is 1. The van der Waals surface area contributed by atoms with E-state index in [0.717, 1.165) is 18.4 Å². The van der Waals surface area contributed by atoms with Crippen LogP contribution in [-0.2, 0) is 20.7 Å². The van der Waals surface area contributed by atoms with Crippen LogP contribution in [0.15, 0.2) is 24.3 Å². The first kappa shape index (κ1) is 15.5. The van der Waals surface area contributed by atoms with Crippen molar-refractivity contribution in [1.82, 2.24) is 4.90 Å². The molecular formula is C17H20N2O4. The molecule has 0 spiro atoms. The monoisotopic (exact) mass is 316 g/mol. The number of likely N-dealkylation sites (tertiary alicyclic amines) is 1. The Morgan fingerprint density at radius 3 is 2.61 bits per heavy atom. The van der Waals surface area contributed by atoms with Gasteiger partial charge < -0.3 is 15.4 Å². The Hall–Kier alpha value is -2.37. The average molecular weight is 316 g/mol. The van der Waals surface area contributed by atoms with E-state index >= 15 is 0 Å². The van der Waals surface area contributed by atoms with Crippen molar-refractivity contribution in [3.63, 3.8) is 0 Å². The van der Waals surface area contributed by atoms with Crippen LogP contribution in [-0.4, -0.2) is 41.9 Å². The molecule has 1 atom stereocenters. The molecule has 2 amide bonds. The number of carbonyl (C=O) groups excluding carboxylic acids is 3. The summed E-state index contributed by atoms with van der Waals surface area (Å²) < 4.78 is 5.31. The van der Waals surface area contributed by atoms with Gasteiger partial charge in [-0.3, -0.25) is 9.59 Å². The Morgan fingerprint density at radius 2 is 1.91 bits per heavy atom. The number of hydrogen-bond donors (Lipinski definition) is 1. The second-order valence-corrected chi connectivity index (χ2v) is 6.19. The molecular weight excluding hydrogens is 296 g/mol. The van der Waals surface area contributed by atoms with E-state index in [1.165, 1.54) is 0 Å². The van der Waals surface area contributed by atoms with Gasteiger partial charge in [0, 0.05) is 25.9 Å². The van der Waals surface area contributed by atoms with E-state index in [1.807, 2.05) is 12.1 Å². The fourth-order valence-electron chi connectivity index (χ4n) is 3.31. The number of nitrogens with two attached hydrogens (primary N) is 1. The molecule has 6 heteroatoms. The lowest BCUT2D eigenvalue weighted by Gasteiger charge is -2.34. The van der Waals surface area contributed by atoms with Crippen LogP contribution < -0.4 is 5.73 Å². The standard InChI is InChI=1S/C17H20N2O4/c18-15(20)9-11-5-7-19(8-6-11)16(21)14-10-12-3-1-2-4-13(12)17(22)23-14/h1-4,11,14H,5-10H2,(H2,18,20). The summed E-state index contributed by atoms with van der Waals surface area (Å²) in [6.45, 7) is 1.15. The van der Waals surface area contributed by atoms with Crippen LogP contribution in [0.1, 0.15) is 35.2 Å². The van der Waals surface area contributed by atoms with Gasteiger partial charge in [0.15, 0.2) is 6.10 Å². The summed E-state index contributed by atoms with van der Waals surface area (Å²) in [5, 5.41) is 0. The molecule has 2 N–H and O–H groups in total. The third-order valence-electron chi connectivity index (χ3n) is 4.58. The maximum Gasteiger partial charge on any atom is 0.339 e. The Balaban J connectivity index is 1.62. The number of carbonyl (C=O) groups is 3. The van der Waals surface area contributed by atoms with E-state index in [4.69, 9.17) is 10.5 Å². The number of esters is 1. The third-order valence-corrected chi connectivity index (χ3v) is 4.58. The van der Waals surface area contributed by atoms with E-state index in [-0.39, 0.29) is 17.7 Å². The van der Waals surface area contributed by atoms with E-state index in [0.29, 0.717) is 31.5 Å². The number of primary amides is 1. The van der Waals surface area contributed by atoms with Gasteiger partial charge in [0.1, 0.15) is 0 Å². The zero-order chi connectivity index (χ0) is 16.4. The number of nitrogens with zero attached hydrogens (tertiary/aromatic N) is 1. The molecule has 1 unspecified atom stereocenters. The number of benzene rings is 1. The Morgan fingerprint density at radius 1 is 1.22 bits per heavy atom. The third kappa shape index (κ3) is 3.36. The van der Waals surface area contributed by atoms with Crippen molar-refractivity contribution in [2.24, 2.45) is 11.7 Å². The van der Waals surface area contributed by atoms with Gasteiger partial charge in [-0.25, -0.2) is 4.79 Å². The summed E-state index contributed by atoms with van der Waals surface area (Å²) in [5.74, 6) is -0.641. The summed E-state index contributed by atoms with van der Waals surface area (Å²) in [7, 11) is 0. The van der Waals surface area contributed by atoms with Gasteiger partial charge in [0.25, 0.3) is 5.91 Å². The van der Waals surface area contributed by atoms with E-state index in [9.17, 15) is 14.4 Å². The summed E-state index contributed by atoms with van der Waals surface area (Å²) in [6.07, 6.45) is 1.55. The van der Waals surface area contributed by atoms with Crippen LogP contribution in [0.5, 0.6) is 0 Å². The molecule has 1 fully saturated rings. The fourth-order valence-corrected chi connectivity index (χ4v) is 3.31. The molecule has 1 saturated heterocycles. The number of rotatable bonds is 3. The minimum atomic E-state index is -0.745. The zero-order valence-electron chi connectivity index (χ0n) is 12.9. The normalized spacial score (nSPS) is 21.5. The Labute approximate surface area is 134 Å².